The Morgan fingerprint density at radius 3 is 2.93 bits per heavy atom. The minimum Gasteiger partial charge on any atom is -0.466 e. The Hall–Kier alpha value is -1.16. The third-order valence-corrected chi connectivity index (χ3v) is 1.90. The van der Waals surface area contributed by atoms with Crippen LogP contribution in [-0.4, -0.2) is 22.5 Å². The maximum Gasteiger partial charge on any atom is 0.310 e. The molecule has 0 saturated carbocycles. The minimum absolute atomic E-state index is 0.118. The Labute approximate surface area is 87.3 Å². The van der Waals surface area contributed by atoms with Crippen molar-refractivity contribution < 1.29 is 9.53 Å². The highest BCUT2D eigenvalue weighted by Crippen LogP contribution is 2.12. The molecule has 0 atom stereocenters. The van der Waals surface area contributed by atoms with Crippen LogP contribution in [0.25, 0.3) is 0 Å². The van der Waals surface area contributed by atoms with Crippen LogP contribution in [0.1, 0.15) is 18.3 Å². The Morgan fingerprint density at radius 1 is 1.64 bits per heavy atom. The van der Waals surface area contributed by atoms with Gasteiger partial charge >= 0.3 is 5.97 Å². The van der Waals surface area contributed by atoms with Gasteiger partial charge in [0.1, 0.15) is 11.0 Å². The molecular formula is C9H11ClN2O2. The van der Waals surface area contributed by atoms with E-state index in [2.05, 4.69) is 9.97 Å². The lowest BCUT2D eigenvalue weighted by atomic mass is 10.2. The molecule has 0 aliphatic heterocycles. The van der Waals surface area contributed by atoms with E-state index in [1.54, 1.807) is 20.0 Å². The number of aromatic nitrogens is 2. The van der Waals surface area contributed by atoms with Gasteiger partial charge in [-0.05, 0) is 13.8 Å². The first-order chi connectivity index (χ1) is 6.63. The van der Waals surface area contributed by atoms with E-state index >= 15 is 0 Å². The molecule has 0 radical (unpaired) electrons. The van der Waals surface area contributed by atoms with E-state index in [4.69, 9.17) is 16.3 Å². The van der Waals surface area contributed by atoms with Crippen LogP contribution < -0.4 is 0 Å². The molecule has 14 heavy (non-hydrogen) atoms. The minimum atomic E-state index is -0.318. The van der Waals surface area contributed by atoms with Crippen LogP contribution in [0.5, 0.6) is 0 Å². The number of halogens is 1. The van der Waals surface area contributed by atoms with Crippen LogP contribution in [0.3, 0.4) is 0 Å². The number of nitrogens with zero attached hydrogens (tertiary/aromatic N) is 2. The van der Waals surface area contributed by atoms with Gasteiger partial charge < -0.3 is 4.74 Å². The Kier molecular flexibility index (Phi) is 3.83. The molecule has 0 unspecified atom stereocenters. The molecule has 76 valence electrons. The number of carbonyl (C=O) groups excluding carboxylic acids is 1. The summed E-state index contributed by atoms with van der Waals surface area (Å²) in [5.74, 6) is 0.268. The molecule has 0 amide bonds. The van der Waals surface area contributed by atoms with Crippen molar-refractivity contribution in [2.45, 2.75) is 20.3 Å². The van der Waals surface area contributed by atoms with Gasteiger partial charge in [0.15, 0.2) is 0 Å². The molecule has 0 aromatic carbocycles. The normalized spacial score (nSPS) is 9.93. The van der Waals surface area contributed by atoms with Gasteiger partial charge in [-0.2, -0.15) is 0 Å². The lowest BCUT2D eigenvalue weighted by Crippen LogP contribution is -2.09. The van der Waals surface area contributed by atoms with E-state index in [1.807, 2.05) is 0 Å². The van der Waals surface area contributed by atoms with Crippen molar-refractivity contribution in [3.63, 3.8) is 0 Å². The zero-order valence-corrected chi connectivity index (χ0v) is 8.84. The van der Waals surface area contributed by atoms with Crippen molar-refractivity contribution >= 4 is 17.6 Å². The third-order valence-electron chi connectivity index (χ3n) is 1.57. The summed E-state index contributed by atoms with van der Waals surface area (Å²) in [5.41, 5.74) is 0.593. The summed E-state index contributed by atoms with van der Waals surface area (Å²) in [5, 5.41) is 0.311. The van der Waals surface area contributed by atoms with Gasteiger partial charge in [-0.1, -0.05) is 11.6 Å². The Bertz CT molecular complexity index is 342. The van der Waals surface area contributed by atoms with Gasteiger partial charge in [-0.15, -0.1) is 0 Å². The number of ether oxygens (including phenoxy) is 1. The molecule has 4 nitrogen and oxygen atoms in total. The molecule has 0 N–H and O–H groups in total. The second kappa shape index (κ2) is 4.91. The number of hydrogen-bond donors (Lipinski definition) is 0. The lowest BCUT2D eigenvalue weighted by Gasteiger charge is -2.03. The van der Waals surface area contributed by atoms with E-state index in [1.165, 1.54) is 0 Å². The van der Waals surface area contributed by atoms with Gasteiger partial charge in [0.05, 0.1) is 13.0 Å². The molecule has 5 heteroatoms. The zero-order chi connectivity index (χ0) is 10.6. The summed E-state index contributed by atoms with van der Waals surface area (Å²) < 4.78 is 4.78. The molecule has 1 rings (SSSR count). The SMILES string of the molecule is CCOC(=O)Cc1cnc(C)nc1Cl. The largest absolute Gasteiger partial charge is 0.466 e. The highest BCUT2D eigenvalue weighted by Gasteiger charge is 2.09. The van der Waals surface area contributed by atoms with Crippen molar-refractivity contribution in [2.75, 3.05) is 6.61 Å². The fourth-order valence-electron chi connectivity index (χ4n) is 0.953. The van der Waals surface area contributed by atoms with Crippen LogP contribution in [0.15, 0.2) is 6.20 Å². The molecule has 1 aromatic rings. The van der Waals surface area contributed by atoms with Gasteiger partial charge in [-0.3, -0.25) is 4.79 Å². The van der Waals surface area contributed by atoms with E-state index in [0.717, 1.165) is 0 Å². The smallest absolute Gasteiger partial charge is 0.310 e. The van der Waals surface area contributed by atoms with E-state index in [-0.39, 0.29) is 12.4 Å². The zero-order valence-electron chi connectivity index (χ0n) is 8.08. The molecule has 0 fully saturated rings. The van der Waals surface area contributed by atoms with E-state index in [0.29, 0.717) is 23.1 Å². The highest BCUT2D eigenvalue weighted by molar-refractivity contribution is 6.30. The molecule has 0 saturated heterocycles. The Balaban J connectivity index is 2.72. The number of hydrogen-bond acceptors (Lipinski definition) is 4. The summed E-state index contributed by atoms with van der Waals surface area (Å²) in [7, 11) is 0. The summed E-state index contributed by atoms with van der Waals surface area (Å²) in [6.45, 7) is 3.86. The first kappa shape index (κ1) is 10.9. The number of carbonyl (C=O) groups is 1. The molecule has 0 aliphatic carbocycles. The molecule has 0 aliphatic rings. The van der Waals surface area contributed by atoms with Crippen LogP contribution in [0, 0.1) is 6.92 Å². The van der Waals surface area contributed by atoms with Crippen molar-refractivity contribution in [1.82, 2.24) is 9.97 Å². The first-order valence-corrected chi connectivity index (χ1v) is 4.65. The highest BCUT2D eigenvalue weighted by atomic mass is 35.5. The van der Waals surface area contributed by atoms with Crippen LogP contribution >= 0.6 is 11.6 Å². The van der Waals surface area contributed by atoms with E-state index in [9.17, 15) is 4.79 Å². The van der Waals surface area contributed by atoms with Crippen molar-refractivity contribution in [1.29, 1.82) is 0 Å². The summed E-state index contributed by atoms with van der Waals surface area (Å²) in [4.78, 5) is 19.0. The number of aryl methyl sites for hydroxylation is 1. The average Bonchev–Trinajstić information content (AvgIpc) is 2.10. The van der Waals surface area contributed by atoms with Crippen LogP contribution in [-0.2, 0) is 16.0 Å². The second-order valence-corrected chi connectivity index (χ2v) is 3.07. The quantitative estimate of drug-likeness (QED) is 0.566. The molecule has 1 aromatic heterocycles. The fourth-order valence-corrected chi connectivity index (χ4v) is 1.19. The lowest BCUT2D eigenvalue weighted by molar-refractivity contribution is -0.142. The summed E-state index contributed by atoms with van der Waals surface area (Å²) in [6.07, 6.45) is 1.66. The molecular weight excluding hydrogens is 204 g/mol. The van der Waals surface area contributed by atoms with Crippen LogP contribution in [0.4, 0.5) is 0 Å². The fraction of sp³-hybridized carbons (Fsp3) is 0.444. The maximum atomic E-state index is 11.1. The first-order valence-electron chi connectivity index (χ1n) is 4.27. The number of rotatable bonds is 3. The summed E-state index contributed by atoms with van der Waals surface area (Å²) in [6, 6.07) is 0. The Morgan fingerprint density at radius 2 is 2.36 bits per heavy atom. The number of esters is 1. The average molecular weight is 215 g/mol. The van der Waals surface area contributed by atoms with Gasteiger partial charge in [-0.25, -0.2) is 9.97 Å². The third kappa shape index (κ3) is 2.96. The predicted molar refractivity (Wildman–Crippen MR) is 52.1 cm³/mol. The maximum absolute atomic E-state index is 11.1. The topological polar surface area (TPSA) is 52.1 Å². The van der Waals surface area contributed by atoms with Crippen molar-refractivity contribution in [3.05, 3.63) is 22.7 Å². The summed E-state index contributed by atoms with van der Waals surface area (Å²) >= 11 is 5.81. The van der Waals surface area contributed by atoms with Gasteiger partial charge in [0.25, 0.3) is 0 Å². The van der Waals surface area contributed by atoms with Gasteiger partial charge in [0.2, 0.25) is 0 Å². The van der Waals surface area contributed by atoms with Crippen molar-refractivity contribution in [2.24, 2.45) is 0 Å². The predicted octanol–water partition coefficient (Wildman–Crippen LogP) is 1.54. The standard InChI is InChI=1S/C9H11ClN2O2/c1-3-14-8(13)4-7-5-11-6(2)12-9(7)10/h5H,3-4H2,1-2H3. The molecule has 0 spiro atoms. The van der Waals surface area contributed by atoms with Crippen molar-refractivity contribution in [3.8, 4) is 0 Å². The molecule has 0 bridgehead atoms. The monoisotopic (exact) mass is 214 g/mol. The second-order valence-electron chi connectivity index (χ2n) is 2.72. The van der Waals surface area contributed by atoms with E-state index < -0.39 is 0 Å². The molecule has 1 heterocycles. The van der Waals surface area contributed by atoms with Crippen LogP contribution in [0.2, 0.25) is 5.15 Å². The van der Waals surface area contributed by atoms with Gasteiger partial charge in [0, 0.05) is 11.8 Å².